The number of hydrogen-bond donors (Lipinski definition) is 4. The molecular formula is C30H49FN4. The molecule has 0 spiro atoms. The number of rotatable bonds is 14. The lowest BCUT2D eigenvalue weighted by atomic mass is 9.90. The van der Waals surface area contributed by atoms with Crippen LogP contribution in [-0.2, 0) is 0 Å². The van der Waals surface area contributed by atoms with Crippen molar-refractivity contribution in [3.63, 3.8) is 0 Å². The van der Waals surface area contributed by atoms with Gasteiger partial charge in [0.05, 0.1) is 5.70 Å². The molecule has 0 radical (unpaired) electrons. The van der Waals surface area contributed by atoms with Crippen molar-refractivity contribution in [2.45, 2.75) is 87.2 Å². The van der Waals surface area contributed by atoms with Gasteiger partial charge in [0.1, 0.15) is 5.83 Å². The maximum Gasteiger partial charge on any atom is 0.146 e. The molecule has 0 aliphatic heterocycles. The van der Waals surface area contributed by atoms with E-state index >= 15 is 4.39 Å². The number of nitrogens with two attached hydrogens (primary N) is 1. The molecule has 5 heteroatoms. The monoisotopic (exact) mass is 484 g/mol. The average molecular weight is 485 g/mol. The maximum absolute atomic E-state index is 15.1. The maximum atomic E-state index is 15.1. The number of halogens is 1. The topological polar surface area (TPSA) is 62.1 Å². The van der Waals surface area contributed by atoms with E-state index in [0.29, 0.717) is 11.3 Å². The second kappa shape index (κ2) is 14.4. The second-order valence-electron chi connectivity index (χ2n) is 10.5. The van der Waals surface area contributed by atoms with E-state index in [9.17, 15) is 0 Å². The Morgan fingerprint density at radius 1 is 1.00 bits per heavy atom. The van der Waals surface area contributed by atoms with E-state index in [1.54, 1.807) is 6.08 Å². The Kier molecular flexibility index (Phi) is 13.2. The first kappa shape index (κ1) is 32.0. The van der Waals surface area contributed by atoms with Crippen LogP contribution < -0.4 is 21.7 Å². The molecule has 0 heterocycles. The average Bonchev–Trinajstić information content (AvgIpc) is 2.73. The lowest BCUT2D eigenvalue weighted by Crippen LogP contribution is -2.43. The summed E-state index contributed by atoms with van der Waals surface area (Å²) in [5, 5.41) is 9.81. The van der Waals surface area contributed by atoms with Crippen molar-refractivity contribution in [3.8, 4) is 0 Å². The summed E-state index contributed by atoms with van der Waals surface area (Å²) in [6.07, 6.45) is 6.90. The van der Waals surface area contributed by atoms with Crippen LogP contribution in [0.4, 0.5) is 4.39 Å². The molecular weight excluding hydrogens is 435 g/mol. The van der Waals surface area contributed by atoms with E-state index in [0.717, 1.165) is 29.8 Å². The van der Waals surface area contributed by atoms with Gasteiger partial charge in [0.2, 0.25) is 0 Å². The molecule has 35 heavy (non-hydrogen) atoms. The van der Waals surface area contributed by atoms with Gasteiger partial charge in [-0.2, -0.15) is 0 Å². The third kappa shape index (κ3) is 12.4. The molecule has 0 rings (SSSR count). The standard InChI is InChI=1S/C30H49FN4/c1-14-19(3)20(4)16-27(15-2)35-25(9)28(22(6)32)17-29(31)26(10)34-24(8)23(7)33-21(5)18-30(11,12)13/h15-17,23-24,33-35H,2,5-6,10,14,18,32H2,1,3-4,7-9,11-13H3/b20-19+,27-16+,28-25-,29-17+/t23-,24?/m0/s1. The molecule has 0 fully saturated rings. The first-order valence-electron chi connectivity index (χ1n) is 12.2. The zero-order valence-corrected chi connectivity index (χ0v) is 23.6. The summed E-state index contributed by atoms with van der Waals surface area (Å²) >= 11 is 0. The predicted molar refractivity (Wildman–Crippen MR) is 153 cm³/mol. The first-order chi connectivity index (χ1) is 16.0. The van der Waals surface area contributed by atoms with Crippen LogP contribution in [0.2, 0.25) is 0 Å². The van der Waals surface area contributed by atoms with Crippen LogP contribution in [0.5, 0.6) is 0 Å². The molecule has 0 aromatic heterocycles. The third-order valence-electron chi connectivity index (χ3n) is 5.76. The summed E-state index contributed by atoms with van der Waals surface area (Å²) in [7, 11) is 0. The smallest absolute Gasteiger partial charge is 0.146 e. The van der Waals surface area contributed by atoms with Crippen molar-refractivity contribution in [2.75, 3.05) is 0 Å². The normalized spacial score (nSPS) is 15.8. The minimum atomic E-state index is -0.512. The lowest BCUT2D eigenvalue weighted by Gasteiger charge is -2.28. The van der Waals surface area contributed by atoms with Crippen molar-refractivity contribution in [3.05, 3.63) is 95.6 Å². The van der Waals surface area contributed by atoms with Gasteiger partial charge in [-0.1, -0.05) is 65.2 Å². The van der Waals surface area contributed by atoms with Gasteiger partial charge in [-0.05, 0) is 71.1 Å². The molecule has 0 saturated heterocycles. The van der Waals surface area contributed by atoms with Crippen LogP contribution in [0.1, 0.15) is 75.2 Å². The highest BCUT2D eigenvalue weighted by Crippen LogP contribution is 2.22. The van der Waals surface area contributed by atoms with Crippen molar-refractivity contribution in [1.82, 2.24) is 16.0 Å². The van der Waals surface area contributed by atoms with Crippen LogP contribution in [0.15, 0.2) is 95.6 Å². The Morgan fingerprint density at radius 2 is 1.54 bits per heavy atom. The van der Waals surface area contributed by atoms with E-state index in [4.69, 9.17) is 5.73 Å². The fourth-order valence-corrected chi connectivity index (χ4v) is 3.33. The summed E-state index contributed by atoms with van der Waals surface area (Å²) < 4.78 is 15.1. The summed E-state index contributed by atoms with van der Waals surface area (Å²) in [5.41, 5.74) is 11.9. The van der Waals surface area contributed by atoms with Crippen molar-refractivity contribution < 1.29 is 4.39 Å². The molecule has 0 aliphatic rings. The molecule has 1 unspecified atom stereocenters. The zero-order valence-electron chi connectivity index (χ0n) is 23.6. The second-order valence-corrected chi connectivity index (χ2v) is 10.5. The summed E-state index contributed by atoms with van der Waals surface area (Å²) in [6.45, 7) is 34.3. The molecule has 5 N–H and O–H groups in total. The zero-order chi connectivity index (χ0) is 27.5. The van der Waals surface area contributed by atoms with E-state index in [-0.39, 0.29) is 28.9 Å². The summed E-state index contributed by atoms with van der Waals surface area (Å²) in [5.74, 6) is -0.512. The Balaban J connectivity index is 5.60. The van der Waals surface area contributed by atoms with Gasteiger partial charge >= 0.3 is 0 Å². The van der Waals surface area contributed by atoms with Crippen molar-refractivity contribution >= 4 is 0 Å². The molecule has 196 valence electrons. The van der Waals surface area contributed by atoms with Crippen molar-refractivity contribution in [2.24, 2.45) is 11.1 Å². The molecule has 4 nitrogen and oxygen atoms in total. The Bertz CT molecular complexity index is 922. The van der Waals surface area contributed by atoms with E-state index in [1.165, 1.54) is 11.6 Å². The SMILES string of the molecule is C=C/C(=C\C(C)=C(/C)CC)N/C(C)=C(/C=C(/F)C(=C)NC(C)[C@H](C)NC(=C)CC(C)(C)C)C(=C)N. The van der Waals surface area contributed by atoms with Gasteiger partial charge < -0.3 is 21.7 Å². The Hall–Kier alpha value is -2.95. The van der Waals surface area contributed by atoms with Crippen LogP contribution in [-0.4, -0.2) is 12.1 Å². The molecule has 0 bridgehead atoms. The van der Waals surface area contributed by atoms with Gasteiger partial charge in [-0.15, -0.1) is 0 Å². The van der Waals surface area contributed by atoms with Gasteiger partial charge in [0, 0.05) is 40.4 Å². The van der Waals surface area contributed by atoms with Crippen LogP contribution in [0.25, 0.3) is 0 Å². The fourth-order valence-electron chi connectivity index (χ4n) is 3.33. The number of allylic oxidation sites excluding steroid dienone is 8. The number of nitrogens with one attached hydrogen (secondary N) is 3. The van der Waals surface area contributed by atoms with Gasteiger partial charge in [-0.3, -0.25) is 0 Å². The quantitative estimate of drug-likeness (QED) is 0.194. The van der Waals surface area contributed by atoms with Gasteiger partial charge in [-0.25, -0.2) is 4.39 Å². The highest BCUT2D eigenvalue weighted by Gasteiger charge is 2.18. The predicted octanol–water partition coefficient (Wildman–Crippen LogP) is 7.41. The van der Waals surface area contributed by atoms with Crippen molar-refractivity contribution in [1.29, 1.82) is 0 Å². The summed E-state index contributed by atoms with van der Waals surface area (Å²) in [4.78, 5) is 0. The Labute approximate surface area is 214 Å². The van der Waals surface area contributed by atoms with Crippen LogP contribution >= 0.6 is 0 Å². The minimum Gasteiger partial charge on any atom is -0.399 e. The van der Waals surface area contributed by atoms with E-state index < -0.39 is 5.83 Å². The highest BCUT2D eigenvalue weighted by molar-refractivity contribution is 5.45. The largest absolute Gasteiger partial charge is 0.399 e. The molecule has 2 atom stereocenters. The highest BCUT2D eigenvalue weighted by atomic mass is 19.1. The first-order valence-corrected chi connectivity index (χ1v) is 12.2. The van der Waals surface area contributed by atoms with E-state index in [1.807, 2.05) is 26.8 Å². The molecule has 0 aliphatic carbocycles. The van der Waals surface area contributed by atoms with E-state index in [2.05, 4.69) is 83.8 Å². The summed E-state index contributed by atoms with van der Waals surface area (Å²) in [6, 6.07) is -0.0570. The molecule has 0 aromatic rings. The molecule has 0 aromatic carbocycles. The van der Waals surface area contributed by atoms with Crippen LogP contribution in [0, 0.1) is 5.41 Å². The fraction of sp³-hybridized carbons (Fsp3) is 0.467. The lowest BCUT2D eigenvalue weighted by molar-refractivity contribution is 0.379. The minimum absolute atomic E-state index is 0.0282. The molecule has 0 saturated carbocycles. The van der Waals surface area contributed by atoms with Crippen LogP contribution in [0.3, 0.4) is 0 Å². The van der Waals surface area contributed by atoms with Gasteiger partial charge in [0.15, 0.2) is 0 Å². The third-order valence-corrected chi connectivity index (χ3v) is 5.76. The number of hydrogen-bond acceptors (Lipinski definition) is 4. The molecule has 0 amide bonds. The van der Waals surface area contributed by atoms with Gasteiger partial charge in [0.25, 0.3) is 0 Å². The Morgan fingerprint density at radius 3 is 2.00 bits per heavy atom.